The molecule has 2 aromatic carbocycles. The fraction of sp³-hybridized carbons (Fsp3) is 0.381. The van der Waals surface area contributed by atoms with E-state index in [-0.39, 0.29) is 6.10 Å². The summed E-state index contributed by atoms with van der Waals surface area (Å²) in [5.41, 5.74) is 1.17. The predicted molar refractivity (Wildman–Crippen MR) is 107 cm³/mol. The van der Waals surface area contributed by atoms with Gasteiger partial charge in [0.05, 0.1) is 13.7 Å². The number of hydrogen-bond acceptors (Lipinski definition) is 4. The van der Waals surface area contributed by atoms with Gasteiger partial charge in [0.15, 0.2) is 23.6 Å². The third-order valence-corrected chi connectivity index (χ3v) is 4.24. The number of nitrogens with one attached hydrogen (secondary N) is 2. The van der Waals surface area contributed by atoms with Crippen LogP contribution < -0.4 is 24.8 Å². The number of aliphatic imine (C=N–C) groups is 1. The summed E-state index contributed by atoms with van der Waals surface area (Å²) in [6.45, 7) is 4.63. The van der Waals surface area contributed by atoms with Crippen molar-refractivity contribution in [1.82, 2.24) is 10.6 Å². The maximum absolute atomic E-state index is 5.96. The smallest absolute Gasteiger partial charge is 0.191 e. The zero-order valence-electron chi connectivity index (χ0n) is 15.9. The largest absolute Gasteiger partial charge is 0.496 e. The first-order valence-electron chi connectivity index (χ1n) is 9.32. The molecule has 1 aliphatic rings. The van der Waals surface area contributed by atoms with Crippen LogP contribution in [-0.2, 0) is 6.42 Å². The number of guanidine groups is 1. The van der Waals surface area contributed by atoms with Crippen LogP contribution in [-0.4, -0.2) is 45.4 Å². The molecule has 0 spiro atoms. The molecule has 144 valence electrons. The van der Waals surface area contributed by atoms with E-state index in [1.54, 1.807) is 7.11 Å². The fourth-order valence-corrected chi connectivity index (χ4v) is 2.91. The standard InChI is InChI=1S/C21H27N3O3/c1-3-22-21(23-13-12-16-8-4-5-9-18(16)25-2)24-14-17-15-26-19-10-6-7-11-20(19)27-17/h4-11,17H,3,12-15H2,1-2H3,(H2,22,23,24). The van der Waals surface area contributed by atoms with Crippen LogP contribution in [0.5, 0.6) is 17.2 Å². The minimum Gasteiger partial charge on any atom is -0.496 e. The van der Waals surface area contributed by atoms with E-state index in [4.69, 9.17) is 14.2 Å². The molecule has 2 aromatic rings. The maximum atomic E-state index is 5.96. The van der Waals surface area contributed by atoms with Crippen LogP contribution in [0, 0.1) is 0 Å². The number of rotatable bonds is 7. The number of hydrogen-bond donors (Lipinski definition) is 2. The Hall–Kier alpha value is -2.89. The van der Waals surface area contributed by atoms with E-state index in [0.29, 0.717) is 13.2 Å². The van der Waals surface area contributed by atoms with Crippen molar-refractivity contribution < 1.29 is 14.2 Å². The molecule has 27 heavy (non-hydrogen) atoms. The van der Waals surface area contributed by atoms with Crippen LogP contribution in [0.4, 0.5) is 0 Å². The van der Waals surface area contributed by atoms with E-state index in [9.17, 15) is 0 Å². The van der Waals surface area contributed by atoms with Crippen molar-refractivity contribution in [3.05, 3.63) is 54.1 Å². The Morgan fingerprint density at radius 2 is 1.89 bits per heavy atom. The molecule has 1 heterocycles. The summed E-state index contributed by atoms with van der Waals surface area (Å²) in [6.07, 6.45) is 0.759. The average molecular weight is 369 g/mol. The summed E-state index contributed by atoms with van der Waals surface area (Å²) in [5.74, 6) is 3.25. The van der Waals surface area contributed by atoms with E-state index < -0.39 is 0 Å². The Morgan fingerprint density at radius 1 is 1.11 bits per heavy atom. The van der Waals surface area contributed by atoms with Crippen molar-refractivity contribution >= 4 is 5.96 Å². The van der Waals surface area contributed by atoms with Crippen LogP contribution >= 0.6 is 0 Å². The molecule has 0 aromatic heterocycles. The van der Waals surface area contributed by atoms with Crippen molar-refractivity contribution in [3.63, 3.8) is 0 Å². The van der Waals surface area contributed by atoms with Crippen LogP contribution in [0.1, 0.15) is 12.5 Å². The Bertz CT molecular complexity index is 764. The molecule has 0 aliphatic carbocycles. The molecule has 0 radical (unpaired) electrons. The zero-order chi connectivity index (χ0) is 18.9. The van der Waals surface area contributed by atoms with Gasteiger partial charge in [-0.25, -0.2) is 4.99 Å². The first-order chi connectivity index (χ1) is 13.3. The van der Waals surface area contributed by atoms with Gasteiger partial charge in [0.2, 0.25) is 0 Å². The second-order valence-electron chi connectivity index (χ2n) is 6.21. The lowest BCUT2D eigenvalue weighted by Crippen LogP contribution is -2.40. The SMILES string of the molecule is CCNC(=NCC1COc2ccccc2O1)NCCc1ccccc1OC. The maximum Gasteiger partial charge on any atom is 0.191 e. The van der Waals surface area contributed by atoms with Crippen LogP contribution in [0.2, 0.25) is 0 Å². The lowest BCUT2D eigenvalue weighted by atomic mass is 10.1. The predicted octanol–water partition coefficient (Wildman–Crippen LogP) is 2.63. The topological polar surface area (TPSA) is 64.1 Å². The van der Waals surface area contributed by atoms with Crippen molar-refractivity contribution in [2.75, 3.05) is 33.4 Å². The van der Waals surface area contributed by atoms with E-state index in [0.717, 1.165) is 42.7 Å². The molecule has 6 heteroatoms. The van der Waals surface area contributed by atoms with Gasteiger partial charge in [0, 0.05) is 13.1 Å². The van der Waals surface area contributed by atoms with Gasteiger partial charge in [-0.15, -0.1) is 0 Å². The van der Waals surface area contributed by atoms with Gasteiger partial charge < -0.3 is 24.8 Å². The number of nitrogens with zero attached hydrogens (tertiary/aromatic N) is 1. The monoisotopic (exact) mass is 369 g/mol. The number of benzene rings is 2. The minimum atomic E-state index is -0.0930. The lowest BCUT2D eigenvalue weighted by Gasteiger charge is -2.25. The second kappa shape index (κ2) is 9.71. The highest BCUT2D eigenvalue weighted by atomic mass is 16.6. The molecule has 6 nitrogen and oxygen atoms in total. The van der Waals surface area contributed by atoms with E-state index in [1.165, 1.54) is 5.56 Å². The molecule has 0 bridgehead atoms. The summed E-state index contributed by atoms with van der Waals surface area (Å²) in [7, 11) is 1.70. The van der Waals surface area contributed by atoms with Crippen LogP contribution in [0.25, 0.3) is 0 Å². The third kappa shape index (κ3) is 5.29. The first-order valence-corrected chi connectivity index (χ1v) is 9.32. The third-order valence-electron chi connectivity index (χ3n) is 4.24. The number of para-hydroxylation sites is 3. The second-order valence-corrected chi connectivity index (χ2v) is 6.21. The summed E-state index contributed by atoms with van der Waals surface area (Å²) in [4.78, 5) is 4.64. The fourth-order valence-electron chi connectivity index (χ4n) is 2.91. The normalized spacial score (nSPS) is 15.9. The lowest BCUT2D eigenvalue weighted by molar-refractivity contribution is 0.0971. The highest BCUT2D eigenvalue weighted by Crippen LogP contribution is 2.30. The molecule has 1 unspecified atom stereocenters. The number of fused-ring (bicyclic) bond motifs is 1. The Balaban J connectivity index is 1.52. The van der Waals surface area contributed by atoms with Crippen LogP contribution in [0.3, 0.4) is 0 Å². The van der Waals surface area contributed by atoms with Gasteiger partial charge in [-0.2, -0.15) is 0 Å². The highest BCUT2D eigenvalue weighted by molar-refractivity contribution is 5.79. The van der Waals surface area contributed by atoms with Crippen molar-refractivity contribution in [2.24, 2.45) is 4.99 Å². The number of ether oxygens (including phenoxy) is 3. The van der Waals surface area contributed by atoms with Gasteiger partial charge >= 0.3 is 0 Å². The van der Waals surface area contributed by atoms with Crippen molar-refractivity contribution in [3.8, 4) is 17.2 Å². The van der Waals surface area contributed by atoms with Crippen molar-refractivity contribution in [1.29, 1.82) is 0 Å². The molecular formula is C21H27N3O3. The Kier molecular flexibility index (Phi) is 6.79. The molecule has 2 N–H and O–H groups in total. The Labute approximate surface area is 160 Å². The van der Waals surface area contributed by atoms with Gasteiger partial charge in [0.25, 0.3) is 0 Å². The quantitative estimate of drug-likeness (QED) is 0.580. The molecule has 0 saturated heterocycles. The highest BCUT2D eigenvalue weighted by Gasteiger charge is 2.20. The van der Waals surface area contributed by atoms with Gasteiger partial charge in [-0.3, -0.25) is 0 Å². The van der Waals surface area contributed by atoms with E-state index in [2.05, 4.69) is 21.7 Å². The summed E-state index contributed by atoms with van der Waals surface area (Å²) >= 11 is 0. The van der Waals surface area contributed by atoms with Crippen molar-refractivity contribution in [2.45, 2.75) is 19.4 Å². The first kappa shape index (κ1) is 18.9. The average Bonchev–Trinajstić information content (AvgIpc) is 2.72. The molecule has 0 fully saturated rings. The molecule has 3 rings (SSSR count). The van der Waals surface area contributed by atoms with Gasteiger partial charge in [-0.05, 0) is 37.1 Å². The summed E-state index contributed by atoms with van der Waals surface area (Å²) in [5, 5.41) is 6.63. The zero-order valence-corrected chi connectivity index (χ0v) is 15.9. The van der Waals surface area contributed by atoms with Gasteiger partial charge in [-0.1, -0.05) is 30.3 Å². The Morgan fingerprint density at radius 3 is 2.70 bits per heavy atom. The van der Waals surface area contributed by atoms with Gasteiger partial charge in [0.1, 0.15) is 12.4 Å². The molecule has 0 amide bonds. The van der Waals surface area contributed by atoms with E-state index in [1.807, 2.05) is 49.4 Å². The molecule has 0 saturated carbocycles. The molecule has 1 aliphatic heterocycles. The summed E-state index contributed by atoms with van der Waals surface area (Å²) in [6, 6.07) is 15.8. The van der Waals surface area contributed by atoms with E-state index >= 15 is 0 Å². The number of methoxy groups -OCH3 is 1. The summed E-state index contributed by atoms with van der Waals surface area (Å²) < 4.78 is 17.1. The molecular weight excluding hydrogens is 342 g/mol. The van der Waals surface area contributed by atoms with Crippen LogP contribution in [0.15, 0.2) is 53.5 Å². The molecule has 1 atom stereocenters. The minimum absolute atomic E-state index is 0.0930.